The molecule has 1 rings (SSSR count). The summed E-state index contributed by atoms with van der Waals surface area (Å²) >= 11 is 0. The van der Waals surface area contributed by atoms with Crippen molar-refractivity contribution in [3.8, 4) is 12.1 Å². The lowest BCUT2D eigenvalue weighted by Gasteiger charge is -2.37. The fraction of sp³-hybridized carbons (Fsp3) is 0.500. The highest BCUT2D eigenvalue weighted by atomic mass is 19.4. The second kappa shape index (κ2) is 8.00. The molecule has 32 heavy (non-hydrogen) atoms. The molecule has 2 N–H and O–H groups in total. The molecule has 4 nitrogen and oxygen atoms in total. The molecule has 1 aromatic carbocycles. The Hall–Kier alpha value is -2.72. The van der Waals surface area contributed by atoms with Crippen LogP contribution in [0.3, 0.4) is 0 Å². The third kappa shape index (κ3) is 4.16. The topological polar surface area (TPSA) is 88.0 Å². The van der Waals surface area contributed by atoms with Gasteiger partial charge >= 0.3 is 24.7 Å². The van der Waals surface area contributed by atoms with Gasteiger partial charge < -0.3 is 10.2 Å². The Morgan fingerprint density at radius 2 is 0.781 bits per heavy atom. The highest BCUT2D eigenvalue weighted by Gasteiger charge is 2.74. The number of rotatable bonds is 4. The zero-order chi connectivity index (χ0) is 25.6. The van der Waals surface area contributed by atoms with Crippen LogP contribution in [0.4, 0.5) is 52.7 Å². The van der Waals surface area contributed by atoms with Crippen LogP contribution in [-0.2, 0) is 24.0 Å². The van der Waals surface area contributed by atoms with Crippen molar-refractivity contribution in [1.29, 1.82) is 10.5 Å². The summed E-state index contributed by atoms with van der Waals surface area (Å²) in [5, 5.41) is 36.3. The van der Waals surface area contributed by atoms with Crippen LogP contribution in [0.1, 0.15) is 22.3 Å². The summed E-state index contributed by atoms with van der Waals surface area (Å²) in [6.45, 7) is 0. The molecule has 0 unspecified atom stereocenters. The summed E-state index contributed by atoms with van der Waals surface area (Å²) in [5.41, 5.74) is -19.8. The zero-order valence-corrected chi connectivity index (χ0v) is 14.9. The molecule has 16 heteroatoms. The highest BCUT2D eigenvalue weighted by molar-refractivity contribution is 5.48. The first kappa shape index (κ1) is 27.3. The van der Waals surface area contributed by atoms with Crippen molar-refractivity contribution in [2.45, 2.75) is 48.7 Å². The minimum absolute atomic E-state index is 0.561. The molecule has 0 aromatic heterocycles. The molecule has 1 aromatic rings. The molecule has 0 aliphatic carbocycles. The molecule has 0 aliphatic heterocycles. The van der Waals surface area contributed by atoms with Gasteiger partial charge in [-0.2, -0.15) is 63.2 Å². The number of hydrogen-bond acceptors (Lipinski definition) is 4. The van der Waals surface area contributed by atoms with Crippen LogP contribution in [-0.4, -0.2) is 34.9 Å². The van der Waals surface area contributed by atoms with E-state index in [2.05, 4.69) is 0 Å². The van der Waals surface area contributed by atoms with Gasteiger partial charge in [0.25, 0.3) is 11.2 Å². The molecule has 0 atom stereocenters. The van der Waals surface area contributed by atoms with Crippen LogP contribution in [0.15, 0.2) is 12.1 Å². The lowest BCUT2D eigenvalue weighted by Crippen LogP contribution is -2.56. The van der Waals surface area contributed by atoms with Gasteiger partial charge in [0.15, 0.2) is 0 Å². The summed E-state index contributed by atoms with van der Waals surface area (Å²) in [4.78, 5) is 0. The van der Waals surface area contributed by atoms with Crippen molar-refractivity contribution in [3.05, 3.63) is 34.4 Å². The maximum absolute atomic E-state index is 13.2. The standard InChI is InChI=1S/C16H8F12N2O2/c17-13(18,19)11(31,14(20,21)22)9-6-8(2-4-30)10(5-7(9)1-3-29)12(32,15(23,24)25)16(26,27)28/h5-6,31-32H,1-2H2. The Kier molecular flexibility index (Phi) is 6.83. The highest BCUT2D eigenvalue weighted by Crippen LogP contribution is 2.54. The fourth-order valence-electron chi connectivity index (χ4n) is 2.76. The van der Waals surface area contributed by atoms with Gasteiger partial charge in [0.1, 0.15) is 0 Å². The molecule has 0 bridgehead atoms. The Morgan fingerprint density at radius 3 is 0.938 bits per heavy atom. The molecule has 0 saturated heterocycles. The van der Waals surface area contributed by atoms with Crippen molar-refractivity contribution >= 4 is 0 Å². The number of halogens is 12. The Bertz CT molecular complexity index is 839. The van der Waals surface area contributed by atoms with Gasteiger partial charge in [0.2, 0.25) is 0 Å². The number of hydrogen-bond donors (Lipinski definition) is 2. The normalized spacial score (nSPS) is 14.1. The van der Waals surface area contributed by atoms with Crippen LogP contribution in [0.25, 0.3) is 0 Å². The molecular weight excluding hydrogens is 480 g/mol. The van der Waals surface area contributed by atoms with E-state index in [9.17, 15) is 62.9 Å². The first-order chi connectivity index (χ1) is 14.1. The van der Waals surface area contributed by atoms with Gasteiger partial charge in [-0.3, -0.25) is 0 Å². The predicted molar refractivity (Wildman–Crippen MR) is 77.1 cm³/mol. The monoisotopic (exact) mass is 488 g/mol. The van der Waals surface area contributed by atoms with E-state index < -0.39 is 83.1 Å². The summed E-state index contributed by atoms with van der Waals surface area (Å²) in [6.07, 6.45) is -29.7. The first-order valence-electron chi connectivity index (χ1n) is 7.73. The van der Waals surface area contributed by atoms with Crippen LogP contribution in [0.5, 0.6) is 0 Å². The summed E-state index contributed by atoms with van der Waals surface area (Å²) in [5.74, 6) is 0. The number of alkyl halides is 12. The fourth-order valence-corrected chi connectivity index (χ4v) is 2.76. The lowest BCUT2D eigenvalue weighted by molar-refractivity contribution is -0.378. The smallest absolute Gasteiger partial charge is 0.369 e. The minimum Gasteiger partial charge on any atom is -0.369 e. The van der Waals surface area contributed by atoms with E-state index in [1.807, 2.05) is 0 Å². The van der Waals surface area contributed by atoms with E-state index in [0.29, 0.717) is 0 Å². The average molecular weight is 488 g/mol. The zero-order valence-electron chi connectivity index (χ0n) is 14.9. The molecule has 0 saturated carbocycles. The Labute approximate surface area is 169 Å². The number of nitriles is 2. The minimum atomic E-state index is -6.61. The van der Waals surface area contributed by atoms with Crippen molar-refractivity contribution < 1.29 is 62.9 Å². The van der Waals surface area contributed by atoms with E-state index >= 15 is 0 Å². The SMILES string of the molecule is N#CCc1cc(C(O)(C(F)(F)F)C(F)(F)F)c(CC#N)cc1C(O)(C(F)(F)F)C(F)(F)F. The second-order valence-corrected chi connectivity index (χ2v) is 6.25. The van der Waals surface area contributed by atoms with E-state index in [0.717, 1.165) is 12.1 Å². The van der Waals surface area contributed by atoms with Crippen molar-refractivity contribution in [3.63, 3.8) is 0 Å². The molecule has 0 fully saturated rings. The number of aliphatic hydroxyl groups is 2. The maximum Gasteiger partial charge on any atom is 0.430 e. The second-order valence-electron chi connectivity index (χ2n) is 6.25. The van der Waals surface area contributed by atoms with Crippen molar-refractivity contribution in [2.24, 2.45) is 0 Å². The largest absolute Gasteiger partial charge is 0.430 e. The van der Waals surface area contributed by atoms with Crippen LogP contribution >= 0.6 is 0 Å². The summed E-state index contributed by atoms with van der Waals surface area (Å²) in [6, 6.07) is 0.782. The lowest BCUT2D eigenvalue weighted by atomic mass is 9.79. The maximum atomic E-state index is 13.2. The quantitative estimate of drug-likeness (QED) is 0.614. The van der Waals surface area contributed by atoms with Gasteiger partial charge in [-0.1, -0.05) is 12.1 Å². The third-order valence-corrected chi connectivity index (χ3v) is 4.29. The molecule has 0 amide bonds. The predicted octanol–water partition coefficient (Wildman–Crippen LogP) is 4.44. The Balaban J connectivity index is 4.28. The van der Waals surface area contributed by atoms with Gasteiger partial charge in [-0.25, -0.2) is 0 Å². The third-order valence-electron chi connectivity index (χ3n) is 4.29. The Morgan fingerprint density at radius 1 is 0.562 bits per heavy atom. The molecule has 0 spiro atoms. The van der Waals surface area contributed by atoms with Gasteiger partial charge in [-0.15, -0.1) is 0 Å². The first-order valence-corrected chi connectivity index (χ1v) is 7.73. The van der Waals surface area contributed by atoms with Crippen molar-refractivity contribution in [2.75, 3.05) is 0 Å². The summed E-state index contributed by atoms with van der Waals surface area (Å²) in [7, 11) is 0. The van der Waals surface area contributed by atoms with E-state index in [1.165, 1.54) is 0 Å². The number of benzene rings is 1. The van der Waals surface area contributed by atoms with E-state index in [4.69, 9.17) is 10.5 Å². The van der Waals surface area contributed by atoms with Crippen LogP contribution in [0.2, 0.25) is 0 Å². The number of nitrogens with zero attached hydrogens (tertiary/aromatic N) is 2. The molecule has 0 heterocycles. The van der Waals surface area contributed by atoms with Gasteiger partial charge in [0.05, 0.1) is 25.0 Å². The molecule has 0 radical (unpaired) electrons. The van der Waals surface area contributed by atoms with Crippen LogP contribution in [0, 0.1) is 22.7 Å². The molecule has 178 valence electrons. The summed E-state index contributed by atoms with van der Waals surface area (Å²) < 4.78 is 159. The van der Waals surface area contributed by atoms with Crippen molar-refractivity contribution in [1.82, 2.24) is 0 Å². The van der Waals surface area contributed by atoms with E-state index in [1.54, 1.807) is 0 Å². The molecular formula is C16H8F12N2O2. The molecule has 0 aliphatic rings. The van der Waals surface area contributed by atoms with Gasteiger partial charge in [0, 0.05) is 11.1 Å². The van der Waals surface area contributed by atoms with E-state index in [-0.39, 0.29) is 0 Å². The van der Waals surface area contributed by atoms with Gasteiger partial charge in [-0.05, 0) is 11.1 Å². The average Bonchev–Trinajstić information content (AvgIpc) is 2.57. The van der Waals surface area contributed by atoms with Crippen LogP contribution < -0.4 is 0 Å².